The molecule has 0 saturated carbocycles. The third-order valence-corrected chi connectivity index (χ3v) is 2.87. The Morgan fingerprint density at radius 3 is 2.58 bits per heavy atom. The number of aryl methyl sites for hydroxylation is 1. The quantitative estimate of drug-likeness (QED) is 0.486. The van der Waals surface area contributed by atoms with Crippen LogP contribution in [0, 0.1) is 10.5 Å². The first kappa shape index (κ1) is 9.51. The van der Waals surface area contributed by atoms with E-state index in [0.29, 0.717) is 11.3 Å². The zero-order chi connectivity index (χ0) is 9.30. The number of nitrogens with two attached hydrogens (primary N) is 1. The molecule has 0 bridgehead atoms. The van der Waals surface area contributed by atoms with Crippen LogP contribution in [0.2, 0.25) is 0 Å². The van der Waals surface area contributed by atoms with Crippen molar-refractivity contribution in [3.63, 3.8) is 0 Å². The highest BCUT2D eigenvalue weighted by Crippen LogP contribution is 2.20. The first-order valence-corrected chi connectivity index (χ1v) is 4.67. The second-order valence-corrected chi connectivity index (χ2v) is 3.91. The highest BCUT2D eigenvalue weighted by atomic mass is 127. The van der Waals surface area contributed by atoms with E-state index in [9.17, 15) is 4.79 Å². The van der Waals surface area contributed by atoms with Gasteiger partial charge in [0.15, 0.2) is 5.78 Å². The van der Waals surface area contributed by atoms with Gasteiger partial charge in [-0.15, -0.1) is 0 Å². The summed E-state index contributed by atoms with van der Waals surface area (Å²) in [7, 11) is 0. The third-order valence-electron chi connectivity index (χ3n) is 1.71. The molecule has 0 radical (unpaired) electrons. The summed E-state index contributed by atoms with van der Waals surface area (Å²) < 4.78 is 1.08. The van der Waals surface area contributed by atoms with Gasteiger partial charge in [-0.25, -0.2) is 0 Å². The summed E-state index contributed by atoms with van der Waals surface area (Å²) in [5.74, 6) is 0.0189. The molecule has 0 aliphatic heterocycles. The molecule has 0 heterocycles. The number of rotatable bonds is 1. The van der Waals surface area contributed by atoms with Crippen LogP contribution in [-0.4, -0.2) is 5.78 Å². The van der Waals surface area contributed by atoms with E-state index in [1.54, 1.807) is 0 Å². The molecule has 64 valence electrons. The number of hydrogen-bond acceptors (Lipinski definition) is 2. The van der Waals surface area contributed by atoms with E-state index in [-0.39, 0.29) is 5.78 Å². The number of ketones is 1. The van der Waals surface area contributed by atoms with Gasteiger partial charge in [0.25, 0.3) is 0 Å². The zero-order valence-electron chi connectivity index (χ0n) is 7.02. The van der Waals surface area contributed by atoms with Crippen molar-refractivity contribution in [3.05, 3.63) is 26.8 Å². The van der Waals surface area contributed by atoms with Crippen LogP contribution in [0.4, 0.5) is 5.69 Å². The predicted octanol–water partition coefficient (Wildman–Crippen LogP) is 2.38. The lowest BCUT2D eigenvalue weighted by Crippen LogP contribution is -2.01. The Hall–Kier alpha value is -0.580. The van der Waals surface area contributed by atoms with Crippen LogP contribution in [0.3, 0.4) is 0 Å². The smallest absolute Gasteiger partial charge is 0.161 e. The van der Waals surface area contributed by atoms with Gasteiger partial charge < -0.3 is 5.73 Å². The molecule has 2 N–H and O–H groups in total. The van der Waals surface area contributed by atoms with Crippen molar-refractivity contribution in [1.82, 2.24) is 0 Å². The summed E-state index contributed by atoms with van der Waals surface area (Å²) in [6.07, 6.45) is 0. The number of carbonyl (C=O) groups is 1. The van der Waals surface area contributed by atoms with Crippen LogP contribution < -0.4 is 5.73 Å². The molecule has 0 unspecified atom stereocenters. The summed E-state index contributed by atoms with van der Waals surface area (Å²) in [4.78, 5) is 11.0. The molecule has 0 aromatic heterocycles. The number of Topliss-reactive ketones (excluding diaryl/α,β-unsaturated/α-hetero) is 1. The van der Waals surface area contributed by atoms with E-state index in [0.717, 1.165) is 9.13 Å². The Morgan fingerprint density at radius 1 is 1.50 bits per heavy atom. The van der Waals surface area contributed by atoms with Crippen molar-refractivity contribution < 1.29 is 4.79 Å². The molecule has 1 rings (SSSR count). The monoisotopic (exact) mass is 275 g/mol. The van der Waals surface area contributed by atoms with Gasteiger partial charge in [-0.3, -0.25) is 4.79 Å². The molecule has 0 amide bonds. The van der Waals surface area contributed by atoms with Crippen LogP contribution >= 0.6 is 22.6 Å². The highest BCUT2D eigenvalue weighted by Gasteiger charge is 2.06. The van der Waals surface area contributed by atoms with E-state index in [2.05, 4.69) is 22.6 Å². The molecule has 0 aliphatic carbocycles. The fourth-order valence-electron chi connectivity index (χ4n) is 1.01. The van der Waals surface area contributed by atoms with E-state index in [1.165, 1.54) is 6.92 Å². The fourth-order valence-corrected chi connectivity index (χ4v) is 1.48. The minimum Gasteiger partial charge on any atom is -0.398 e. The molecule has 1 aromatic rings. The van der Waals surface area contributed by atoms with Crippen molar-refractivity contribution >= 4 is 34.1 Å². The van der Waals surface area contributed by atoms with Crippen molar-refractivity contribution in [2.75, 3.05) is 5.73 Å². The summed E-state index contributed by atoms with van der Waals surface area (Å²) in [6.45, 7) is 3.50. The number of anilines is 1. The Kier molecular flexibility index (Phi) is 2.72. The van der Waals surface area contributed by atoms with Gasteiger partial charge in [-0.05, 0) is 54.1 Å². The minimum absolute atomic E-state index is 0.0189. The lowest BCUT2D eigenvalue weighted by atomic mass is 10.1. The van der Waals surface area contributed by atoms with Crippen LogP contribution in [0.15, 0.2) is 12.1 Å². The van der Waals surface area contributed by atoms with Crippen LogP contribution in [-0.2, 0) is 0 Å². The molecule has 0 spiro atoms. The lowest BCUT2D eigenvalue weighted by molar-refractivity contribution is 0.101. The van der Waals surface area contributed by atoms with Crippen molar-refractivity contribution in [2.24, 2.45) is 0 Å². The van der Waals surface area contributed by atoms with Gasteiger partial charge in [0, 0.05) is 14.8 Å². The van der Waals surface area contributed by atoms with Gasteiger partial charge in [-0.2, -0.15) is 0 Å². The second kappa shape index (κ2) is 3.43. The molecular weight excluding hydrogens is 265 g/mol. The Bertz CT molecular complexity index is 334. The Balaban J connectivity index is 3.33. The Morgan fingerprint density at radius 2 is 2.08 bits per heavy atom. The number of benzene rings is 1. The van der Waals surface area contributed by atoms with E-state index in [1.807, 2.05) is 19.1 Å². The first-order valence-electron chi connectivity index (χ1n) is 3.59. The molecule has 1 aromatic carbocycles. The summed E-state index contributed by atoms with van der Waals surface area (Å²) in [6, 6.07) is 3.66. The second-order valence-electron chi connectivity index (χ2n) is 2.74. The largest absolute Gasteiger partial charge is 0.398 e. The molecule has 0 aliphatic rings. The molecule has 12 heavy (non-hydrogen) atoms. The zero-order valence-corrected chi connectivity index (χ0v) is 9.18. The van der Waals surface area contributed by atoms with Crippen LogP contribution in [0.5, 0.6) is 0 Å². The molecule has 3 heteroatoms. The maximum absolute atomic E-state index is 11.0. The van der Waals surface area contributed by atoms with Crippen molar-refractivity contribution in [2.45, 2.75) is 13.8 Å². The highest BCUT2D eigenvalue weighted by molar-refractivity contribution is 14.1. The SMILES string of the molecule is CC(=O)c1cc(I)c(C)cc1N. The molecule has 0 saturated heterocycles. The van der Waals surface area contributed by atoms with Crippen LogP contribution in [0.1, 0.15) is 22.8 Å². The maximum Gasteiger partial charge on any atom is 0.161 e. The maximum atomic E-state index is 11.0. The van der Waals surface area contributed by atoms with Gasteiger partial charge >= 0.3 is 0 Å². The van der Waals surface area contributed by atoms with Gasteiger partial charge in [0.2, 0.25) is 0 Å². The van der Waals surface area contributed by atoms with E-state index < -0.39 is 0 Å². The number of hydrogen-bond donors (Lipinski definition) is 1. The minimum atomic E-state index is 0.0189. The first-order chi connectivity index (χ1) is 5.52. The average molecular weight is 275 g/mol. The Labute approximate surface area is 85.3 Å². The summed E-state index contributed by atoms with van der Waals surface area (Å²) >= 11 is 2.19. The molecule has 2 nitrogen and oxygen atoms in total. The topological polar surface area (TPSA) is 43.1 Å². The number of halogens is 1. The number of nitrogen functional groups attached to an aromatic ring is 1. The van der Waals surface area contributed by atoms with Gasteiger partial charge in [0.1, 0.15) is 0 Å². The van der Waals surface area contributed by atoms with E-state index in [4.69, 9.17) is 5.73 Å². The third kappa shape index (κ3) is 1.77. The van der Waals surface area contributed by atoms with Crippen molar-refractivity contribution in [3.8, 4) is 0 Å². The summed E-state index contributed by atoms with van der Waals surface area (Å²) in [5, 5.41) is 0. The fraction of sp³-hybridized carbons (Fsp3) is 0.222. The molecule has 0 fully saturated rings. The molecular formula is C9H10INO. The molecule has 0 atom stereocenters. The van der Waals surface area contributed by atoms with E-state index >= 15 is 0 Å². The average Bonchev–Trinajstić information content (AvgIpc) is 1.96. The normalized spacial score (nSPS) is 9.92. The standard InChI is InChI=1S/C9H10INO/c1-5-3-9(11)7(6(2)12)4-8(5)10/h3-4H,11H2,1-2H3. The number of carbonyl (C=O) groups excluding carboxylic acids is 1. The van der Waals surface area contributed by atoms with Crippen molar-refractivity contribution in [1.29, 1.82) is 0 Å². The van der Waals surface area contributed by atoms with Gasteiger partial charge in [0.05, 0.1) is 0 Å². The van der Waals surface area contributed by atoms with Crippen LogP contribution in [0.25, 0.3) is 0 Å². The lowest BCUT2D eigenvalue weighted by Gasteiger charge is -2.04. The summed E-state index contributed by atoms with van der Waals surface area (Å²) in [5.41, 5.74) is 7.96. The van der Waals surface area contributed by atoms with Gasteiger partial charge in [-0.1, -0.05) is 0 Å². The predicted molar refractivity (Wildman–Crippen MR) is 58.3 cm³/mol.